The molecule has 0 fully saturated rings. The van der Waals surface area contributed by atoms with Crippen molar-refractivity contribution in [3.05, 3.63) is 53.7 Å². The van der Waals surface area contributed by atoms with Crippen molar-refractivity contribution in [1.29, 1.82) is 0 Å². The van der Waals surface area contributed by atoms with E-state index in [9.17, 15) is 4.21 Å². The maximum atomic E-state index is 12.0. The van der Waals surface area contributed by atoms with Crippen LogP contribution in [0.3, 0.4) is 0 Å². The smallest absolute Gasteiger partial charge is 0.268 e. The Labute approximate surface area is 156 Å². The van der Waals surface area contributed by atoms with Gasteiger partial charge in [0.25, 0.3) is 11.8 Å². The fraction of sp³-hybridized carbons (Fsp3) is 0.111. The van der Waals surface area contributed by atoms with E-state index in [1.807, 2.05) is 42.6 Å². The Kier molecular flexibility index (Phi) is 4.44. The lowest BCUT2D eigenvalue weighted by atomic mass is 10.1. The molecule has 0 saturated heterocycles. The summed E-state index contributed by atoms with van der Waals surface area (Å²) in [5.41, 5.74) is 2.95. The Bertz CT molecular complexity index is 1100. The van der Waals surface area contributed by atoms with Gasteiger partial charge < -0.3 is 4.42 Å². The van der Waals surface area contributed by atoms with E-state index in [1.165, 1.54) is 0 Å². The molecule has 0 saturated carbocycles. The van der Waals surface area contributed by atoms with E-state index in [0.717, 1.165) is 16.0 Å². The van der Waals surface area contributed by atoms with Crippen LogP contribution in [-0.2, 0) is 10.8 Å². The molecule has 0 aliphatic carbocycles. The zero-order valence-electron chi connectivity index (χ0n) is 14.0. The topological polar surface area (TPSA) is 81.8 Å². The average Bonchev–Trinajstić information content (AvgIpc) is 3.30. The monoisotopic (exact) mass is 382 g/mol. The average molecular weight is 382 g/mol. The number of aromatic nitrogens is 4. The number of aryl methyl sites for hydroxylation is 1. The predicted molar refractivity (Wildman–Crippen MR) is 101 cm³/mol. The molecule has 0 radical (unpaired) electrons. The highest BCUT2D eigenvalue weighted by Crippen LogP contribution is 2.30. The van der Waals surface area contributed by atoms with Crippen LogP contribution >= 0.6 is 11.3 Å². The van der Waals surface area contributed by atoms with Gasteiger partial charge in [-0.15, -0.1) is 21.5 Å². The molecule has 1 unspecified atom stereocenters. The molecule has 1 atom stereocenters. The second-order valence-corrected chi connectivity index (χ2v) is 7.85. The van der Waals surface area contributed by atoms with E-state index in [1.54, 1.807) is 30.0 Å². The van der Waals surface area contributed by atoms with Gasteiger partial charge in [-0.2, -0.15) is 0 Å². The van der Waals surface area contributed by atoms with E-state index >= 15 is 0 Å². The van der Waals surface area contributed by atoms with Gasteiger partial charge in [0, 0.05) is 16.7 Å². The lowest BCUT2D eigenvalue weighted by molar-refractivity contribution is 0.583. The van der Waals surface area contributed by atoms with Crippen LogP contribution < -0.4 is 0 Å². The highest BCUT2D eigenvalue weighted by atomic mass is 32.2. The molecular weight excluding hydrogens is 368 g/mol. The summed E-state index contributed by atoms with van der Waals surface area (Å²) in [5.74, 6) is 0.770. The van der Waals surface area contributed by atoms with Gasteiger partial charge in [-0.3, -0.25) is 9.19 Å². The van der Waals surface area contributed by atoms with Crippen LogP contribution in [0.2, 0.25) is 0 Å². The van der Waals surface area contributed by atoms with Crippen molar-refractivity contribution in [2.75, 3.05) is 6.26 Å². The van der Waals surface area contributed by atoms with Gasteiger partial charge in [-0.25, -0.2) is 4.98 Å². The Balaban J connectivity index is 1.75. The van der Waals surface area contributed by atoms with Gasteiger partial charge in [0.05, 0.1) is 33.8 Å². The number of hydrogen-bond acceptors (Lipinski definition) is 7. The van der Waals surface area contributed by atoms with Crippen molar-refractivity contribution in [1.82, 2.24) is 20.2 Å². The molecule has 0 amide bonds. The number of thiophene rings is 1. The van der Waals surface area contributed by atoms with Crippen molar-refractivity contribution < 1.29 is 8.63 Å². The van der Waals surface area contributed by atoms with E-state index < -0.39 is 10.8 Å². The molecule has 4 rings (SSSR count). The quantitative estimate of drug-likeness (QED) is 0.531. The van der Waals surface area contributed by atoms with Crippen molar-refractivity contribution in [2.45, 2.75) is 11.8 Å². The summed E-state index contributed by atoms with van der Waals surface area (Å²) in [6, 6.07) is 9.44. The second-order valence-electron chi connectivity index (χ2n) is 5.58. The first-order valence-corrected chi connectivity index (χ1v) is 10.2. The molecule has 0 spiro atoms. The first-order valence-electron chi connectivity index (χ1n) is 7.76. The minimum absolute atomic E-state index is 0.303. The van der Waals surface area contributed by atoms with Gasteiger partial charge in [-0.1, -0.05) is 18.2 Å². The number of rotatable bonds is 4. The summed E-state index contributed by atoms with van der Waals surface area (Å²) in [6.07, 6.45) is 4.85. The van der Waals surface area contributed by atoms with Crippen LogP contribution in [0.25, 0.3) is 33.6 Å². The Morgan fingerprint density at radius 2 is 1.81 bits per heavy atom. The standard InChI is InChI=1S/C18H14N4O2S2/c1-11-7-8-25-16(11)18-22-21-17(24-18)14-10-19-9-13(20-14)12-5-3-4-6-15(12)26(2)23/h3-10H,1-2H3. The summed E-state index contributed by atoms with van der Waals surface area (Å²) < 4.78 is 17.8. The zero-order valence-corrected chi connectivity index (χ0v) is 15.7. The molecular formula is C18H14N4O2S2. The van der Waals surface area contributed by atoms with Gasteiger partial charge in [-0.05, 0) is 30.0 Å². The second kappa shape index (κ2) is 6.89. The largest absolute Gasteiger partial charge is 0.414 e. The van der Waals surface area contributed by atoms with E-state index in [0.29, 0.717) is 28.1 Å². The Hall–Kier alpha value is -2.71. The number of nitrogens with zero attached hydrogens (tertiary/aromatic N) is 4. The van der Waals surface area contributed by atoms with Crippen LogP contribution in [0.1, 0.15) is 5.56 Å². The van der Waals surface area contributed by atoms with Crippen LogP contribution in [-0.4, -0.2) is 30.6 Å². The van der Waals surface area contributed by atoms with E-state index in [-0.39, 0.29) is 0 Å². The predicted octanol–water partition coefficient (Wildman–Crippen LogP) is 3.97. The lowest BCUT2D eigenvalue weighted by Crippen LogP contribution is -1.96. The molecule has 0 aliphatic rings. The van der Waals surface area contributed by atoms with Gasteiger partial charge in [0.1, 0.15) is 5.69 Å². The molecule has 0 aliphatic heterocycles. The molecule has 1 aromatic carbocycles. The normalized spacial score (nSPS) is 12.2. The fourth-order valence-corrected chi connectivity index (χ4v) is 4.14. The summed E-state index contributed by atoms with van der Waals surface area (Å²) in [7, 11) is -1.13. The SMILES string of the molecule is Cc1ccsc1-c1nnc(-c2cncc(-c3ccccc3S(C)=O)n2)o1. The molecule has 0 N–H and O–H groups in total. The first-order chi connectivity index (χ1) is 12.6. The van der Waals surface area contributed by atoms with Crippen molar-refractivity contribution >= 4 is 22.1 Å². The maximum Gasteiger partial charge on any atom is 0.268 e. The van der Waals surface area contributed by atoms with E-state index in [4.69, 9.17) is 4.42 Å². The summed E-state index contributed by atoms with van der Waals surface area (Å²) in [5, 5.41) is 10.2. The minimum Gasteiger partial charge on any atom is -0.414 e. The van der Waals surface area contributed by atoms with Crippen LogP contribution in [0.5, 0.6) is 0 Å². The molecule has 6 nitrogen and oxygen atoms in total. The van der Waals surface area contributed by atoms with Crippen molar-refractivity contribution in [2.24, 2.45) is 0 Å². The number of hydrogen-bond donors (Lipinski definition) is 0. The summed E-state index contributed by atoms with van der Waals surface area (Å²) >= 11 is 1.55. The summed E-state index contributed by atoms with van der Waals surface area (Å²) in [6.45, 7) is 2.00. The van der Waals surface area contributed by atoms with Gasteiger partial charge in [0.15, 0.2) is 0 Å². The minimum atomic E-state index is -1.13. The molecule has 26 heavy (non-hydrogen) atoms. The summed E-state index contributed by atoms with van der Waals surface area (Å²) in [4.78, 5) is 10.5. The van der Waals surface area contributed by atoms with Gasteiger partial charge in [0.2, 0.25) is 0 Å². The van der Waals surface area contributed by atoms with Crippen LogP contribution in [0.4, 0.5) is 0 Å². The molecule has 130 valence electrons. The Morgan fingerprint density at radius 3 is 2.58 bits per heavy atom. The zero-order chi connectivity index (χ0) is 18.1. The van der Waals surface area contributed by atoms with Crippen LogP contribution in [0, 0.1) is 6.92 Å². The third kappa shape index (κ3) is 3.09. The van der Waals surface area contributed by atoms with Crippen molar-refractivity contribution in [3.63, 3.8) is 0 Å². The van der Waals surface area contributed by atoms with E-state index in [2.05, 4.69) is 20.2 Å². The highest BCUT2D eigenvalue weighted by molar-refractivity contribution is 7.84. The molecule has 0 bridgehead atoms. The number of benzene rings is 1. The Morgan fingerprint density at radius 1 is 1.04 bits per heavy atom. The highest BCUT2D eigenvalue weighted by Gasteiger charge is 2.16. The fourth-order valence-electron chi connectivity index (χ4n) is 2.54. The third-order valence-electron chi connectivity index (χ3n) is 3.81. The molecule has 8 heteroatoms. The maximum absolute atomic E-state index is 12.0. The molecule has 3 aromatic heterocycles. The third-order valence-corrected chi connectivity index (χ3v) is 5.79. The van der Waals surface area contributed by atoms with Gasteiger partial charge >= 0.3 is 0 Å². The first kappa shape index (κ1) is 16.7. The van der Waals surface area contributed by atoms with Crippen LogP contribution in [0.15, 0.2) is 57.4 Å². The lowest BCUT2D eigenvalue weighted by Gasteiger charge is -2.06. The van der Waals surface area contributed by atoms with Crippen molar-refractivity contribution in [3.8, 4) is 33.6 Å². The molecule has 4 aromatic rings. The molecule has 3 heterocycles.